The molecule has 0 heterocycles. The fourth-order valence-electron chi connectivity index (χ4n) is 3.86. The number of nitrogens with zero attached hydrogens (tertiary/aromatic N) is 1. The van der Waals surface area contributed by atoms with E-state index in [1.165, 1.54) is 12.0 Å². The number of hydrogen-bond acceptors (Lipinski definition) is 6. The Kier molecular flexibility index (Phi) is 8.43. The number of benzene rings is 3. The molecule has 7 nitrogen and oxygen atoms in total. The molecule has 0 aliphatic carbocycles. The van der Waals surface area contributed by atoms with Crippen molar-refractivity contribution in [1.82, 2.24) is 4.90 Å². The zero-order valence-corrected chi connectivity index (χ0v) is 22.9. The molecule has 8 heteroatoms. The Morgan fingerprint density at radius 1 is 0.865 bits per heavy atom. The minimum atomic E-state index is -3.82. The number of esters is 1. The van der Waals surface area contributed by atoms with Gasteiger partial charge in [-0.15, -0.1) is 0 Å². The summed E-state index contributed by atoms with van der Waals surface area (Å²) in [6.45, 7) is 5.39. The lowest BCUT2D eigenvalue weighted by molar-refractivity contribution is -0.153. The van der Waals surface area contributed by atoms with Crippen molar-refractivity contribution in [2.75, 3.05) is 21.2 Å². The van der Waals surface area contributed by atoms with Crippen LogP contribution in [-0.4, -0.2) is 52.0 Å². The smallest absolute Gasteiger partial charge is 0.310 e. The van der Waals surface area contributed by atoms with E-state index in [1.807, 2.05) is 6.07 Å². The molecule has 0 unspecified atom stereocenters. The zero-order valence-electron chi connectivity index (χ0n) is 22.1. The van der Waals surface area contributed by atoms with Gasteiger partial charge in [-0.1, -0.05) is 42.5 Å². The number of rotatable bonds is 8. The lowest BCUT2D eigenvalue weighted by Gasteiger charge is -2.19. The first-order valence-corrected chi connectivity index (χ1v) is 13.5. The van der Waals surface area contributed by atoms with Gasteiger partial charge in [0.05, 0.1) is 19.3 Å². The second-order valence-corrected chi connectivity index (χ2v) is 11.9. The van der Waals surface area contributed by atoms with Gasteiger partial charge in [-0.3, -0.25) is 9.59 Å². The normalized spacial score (nSPS) is 11.6. The molecule has 3 aromatic rings. The van der Waals surface area contributed by atoms with Gasteiger partial charge >= 0.3 is 5.97 Å². The number of hydrogen-bond donors (Lipinski definition) is 0. The molecule has 0 radical (unpaired) electrons. The lowest BCUT2D eigenvalue weighted by atomic mass is 10.0. The van der Waals surface area contributed by atoms with Crippen LogP contribution in [-0.2, 0) is 31.5 Å². The van der Waals surface area contributed by atoms with E-state index in [0.717, 1.165) is 0 Å². The molecule has 0 fully saturated rings. The Hall–Kier alpha value is -3.65. The van der Waals surface area contributed by atoms with Crippen molar-refractivity contribution >= 4 is 21.7 Å². The molecule has 0 aromatic heterocycles. The highest BCUT2D eigenvalue weighted by molar-refractivity contribution is 7.90. The third-order valence-electron chi connectivity index (χ3n) is 5.46. The fourth-order valence-corrected chi connectivity index (χ4v) is 5.40. The first-order valence-electron chi connectivity index (χ1n) is 11.8. The van der Waals surface area contributed by atoms with E-state index < -0.39 is 15.4 Å². The molecule has 0 saturated carbocycles. The van der Waals surface area contributed by atoms with E-state index in [1.54, 1.807) is 95.5 Å². The SMILES string of the molecule is COc1ccc(-c2cccc(C(=O)N(C)C)c2)cc1S(=O)(=O)Cc1cccc(CC(=O)OC(C)(C)C)c1. The molecule has 0 aliphatic heterocycles. The predicted octanol–water partition coefficient (Wildman–Crippen LogP) is 4.92. The zero-order chi connectivity index (χ0) is 27.4. The number of carbonyl (C=O) groups is 2. The van der Waals surface area contributed by atoms with E-state index in [4.69, 9.17) is 9.47 Å². The van der Waals surface area contributed by atoms with E-state index in [2.05, 4.69) is 0 Å². The van der Waals surface area contributed by atoms with Gasteiger partial charge in [0.2, 0.25) is 0 Å². The Labute approximate surface area is 218 Å². The summed E-state index contributed by atoms with van der Waals surface area (Å²) >= 11 is 0. The molecule has 0 spiro atoms. The number of sulfone groups is 1. The summed E-state index contributed by atoms with van der Waals surface area (Å²) in [5.74, 6) is -0.561. The summed E-state index contributed by atoms with van der Waals surface area (Å²) in [5.41, 5.74) is 2.48. The first-order chi connectivity index (χ1) is 17.3. The van der Waals surface area contributed by atoms with Crippen LogP contribution >= 0.6 is 0 Å². The van der Waals surface area contributed by atoms with E-state index in [9.17, 15) is 18.0 Å². The van der Waals surface area contributed by atoms with E-state index >= 15 is 0 Å². The average molecular weight is 524 g/mol. The van der Waals surface area contributed by atoms with Crippen molar-refractivity contribution in [1.29, 1.82) is 0 Å². The monoisotopic (exact) mass is 523 g/mol. The van der Waals surface area contributed by atoms with Crippen molar-refractivity contribution in [3.8, 4) is 16.9 Å². The molecule has 37 heavy (non-hydrogen) atoms. The average Bonchev–Trinajstić information content (AvgIpc) is 2.81. The third kappa shape index (κ3) is 7.43. The number of amides is 1. The van der Waals surface area contributed by atoms with Crippen LogP contribution in [0, 0.1) is 0 Å². The van der Waals surface area contributed by atoms with Gasteiger partial charge in [0.1, 0.15) is 16.2 Å². The maximum Gasteiger partial charge on any atom is 0.310 e. The molecule has 3 rings (SSSR count). The summed E-state index contributed by atoms with van der Waals surface area (Å²) in [4.78, 5) is 26.2. The molecule has 0 atom stereocenters. The van der Waals surface area contributed by atoms with Gasteiger partial charge in [-0.25, -0.2) is 8.42 Å². The molecular weight excluding hydrogens is 490 g/mol. The van der Waals surface area contributed by atoms with Crippen molar-refractivity contribution in [3.05, 3.63) is 83.4 Å². The summed E-state index contributed by atoms with van der Waals surface area (Å²) in [7, 11) is 0.958. The summed E-state index contributed by atoms with van der Waals surface area (Å²) in [6.07, 6.45) is 0.0476. The van der Waals surface area contributed by atoms with Crippen LogP contribution in [0.2, 0.25) is 0 Å². The van der Waals surface area contributed by atoms with Gasteiger partial charge in [0.25, 0.3) is 5.91 Å². The fraction of sp³-hybridized carbons (Fsp3) is 0.310. The standard InChI is InChI=1S/C29H33NO6S/c1-29(2,3)36-27(31)16-20-9-7-10-21(15-20)19-37(33,34)26-18-23(13-14-25(26)35-6)22-11-8-12-24(17-22)28(32)30(4)5/h7-15,17-18H,16,19H2,1-6H3. The quantitative estimate of drug-likeness (QED) is 0.389. The van der Waals surface area contributed by atoms with Crippen LogP contribution in [0.4, 0.5) is 0 Å². The highest BCUT2D eigenvalue weighted by Gasteiger charge is 2.23. The number of carbonyl (C=O) groups excluding carboxylic acids is 2. The largest absolute Gasteiger partial charge is 0.495 e. The van der Waals surface area contributed by atoms with Gasteiger partial charge in [0, 0.05) is 19.7 Å². The lowest BCUT2D eigenvalue weighted by Crippen LogP contribution is -2.24. The van der Waals surface area contributed by atoms with E-state index in [-0.39, 0.29) is 34.7 Å². The third-order valence-corrected chi connectivity index (χ3v) is 7.17. The minimum Gasteiger partial charge on any atom is -0.495 e. The number of ether oxygens (including phenoxy) is 2. The first kappa shape index (κ1) is 27.9. The van der Waals surface area contributed by atoms with Gasteiger partial charge in [-0.05, 0) is 67.3 Å². The van der Waals surface area contributed by atoms with Crippen molar-refractivity contribution < 1.29 is 27.5 Å². The second kappa shape index (κ2) is 11.2. The van der Waals surface area contributed by atoms with Crippen molar-refractivity contribution in [2.45, 2.75) is 43.4 Å². The van der Waals surface area contributed by atoms with Gasteiger partial charge in [-0.2, -0.15) is 0 Å². The molecule has 1 amide bonds. The molecule has 0 aliphatic rings. The summed E-state index contributed by atoms with van der Waals surface area (Å²) in [6, 6.07) is 18.9. The Morgan fingerprint density at radius 2 is 1.51 bits per heavy atom. The van der Waals surface area contributed by atoms with Gasteiger partial charge in [0.15, 0.2) is 9.84 Å². The Morgan fingerprint density at radius 3 is 2.16 bits per heavy atom. The minimum absolute atomic E-state index is 0.0476. The van der Waals surface area contributed by atoms with Crippen LogP contribution in [0.3, 0.4) is 0 Å². The highest BCUT2D eigenvalue weighted by Crippen LogP contribution is 2.32. The molecule has 0 bridgehead atoms. The Balaban J connectivity index is 1.91. The number of methoxy groups -OCH3 is 1. The molecular formula is C29H33NO6S. The van der Waals surface area contributed by atoms with Crippen LogP contribution in [0.5, 0.6) is 5.75 Å². The maximum absolute atomic E-state index is 13.5. The predicted molar refractivity (Wildman–Crippen MR) is 143 cm³/mol. The van der Waals surface area contributed by atoms with Gasteiger partial charge < -0.3 is 14.4 Å². The second-order valence-electron chi connectivity index (χ2n) is 9.99. The van der Waals surface area contributed by atoms with Crippen LogP contribution in [0.1, 0.15) is 42.3 Å². The topological polar surface area (TPSA) is 90.0 Å². The van der Waals surface area contributed by atoms with Crippen LogP contribution < -0.4 is 4.74 Å². The highest BCUT2D eigenvalue weighted by atomic mass is 32.2. The molecule has 0 N–H and O–H groups in total. The Bertz CT molecular complexity index is 1400. The summed E-state index contributed by atoms with van der Waals surface area (Å²) < 4.78 is 37.8. The van der Waals surface area contributed by atoms with Crippen molar-refractivity contribution in [2.24, 2.45) is 0 Å². The summed E-state index contributed by atoms with van der Waals surface area (Å²) in [5, 5.41) is 0. The van der Waals surface area contributed by atoms with E-state index in [0.29, 0.717) is 27.8 Å². The molecule has 196 valence electrons. The van der Waals surface area contributed by atoms with Crippen molar-refractivity contribution in [3.63, 3.8) is 0 Å². The van der Waals surface area contributed by atoms with Crippen LogP contribution in [0.15, 0.2) is 71.6 Å². The maximum atomic E-state index is 13.5. The molecule has 3 aromatic carbocycles. The van der Waals surface area contributed by atoms with Crippen LogP contribution in [0.25, 0.3) is 11.1 Å². The molecule has 0 saturated heterocycles.